The molecule has 0 aromatic heterocycles. The summed E-state index contributed by atoms with van der Waals surface area (Å²) in [5.74, 6) is 0.0313. The number of hydrogen-bond acceptors (Lipinski definition) is 8. The number of primary amides is 1. The van der Waals surface area contributed by atoms with E-state index in [9.17, 15) is 18.8 Å². The lowest BCUT2D eigenvalue weighted by molar-refractivity contribution is -0.137. The Morgan fingerprint density at radius 2 is 1.70 bits per heavy atom. The van der Waals surface area contributed by atoms with E-state index in [1.165, 1.54) is 6.07 Å². The van der Waals surface area contributed by atoms with Gasteiger partial charge in [0.2, 0.25) is 5.91 Å². The molecule has 286 valence electrons. The third-order valence-corrected chi connectivity index (χ3v) is 10.0. The average molecular weight is 752 g/mol. The first-order valence-corrected chi connectivity index (χ1v) is 18.7. The number of hydrogen-bond donors (Lipinski definition) is 4. The number of amides is 4. The van der Waals surface area contributed by atoms with Crippen molar-refractivity contribution in [3.05, 3.63) is 94.3 Å². The lowest BCUT2D eigenvalue weighted by Crippen LogP contribution is -2.58. The van der Waals surface area contributed by atoms with Crippen LogP contribution in [0.4, 0.5) is 19.7 Å². The van der Waals surface area contributed by atoms with Crippen molar-refractivity contribution in [1.82, 2.24) is 25.3 Å². The van der Waals surface area contributed by atoms with Gasteiger partial charge in [0.05, 0.1) is 6.61 Å². The quantitative estimate of drug-likeness (QED) is 0.152. The molecule has 2 aliphatic rings. The van der Waals surface area contributed by atoms with E-state index in [4.69, 9.17) is 26.8 Å². The van der Waals surface area contributed by atoms with Gasteiger partial charge in [-0.3, -0.25) is 9.69 Å². The Hall–Kier alpha value is -4.59. The zero-order valence-electron chi connectivity index (χ0n) is 30.3. The lowest BCUT2D eigenvalue weighted by Gasteiger charge is -2.40. The molecule has 4 amide bonds. The van der Waals surface area contributed by atoms with Crippen LogP contribution in [0.25, 0.3) is 0 Å². The van der Waals surface area contributed by atoms with Gasteiger partial charge in [-0.2, -0.15) is 0 Å². The van der Waals surface area contributed by atoms with Crippen molar-refractivity contribution >= 4 is 35.3 Å². The number of nitrogens with one attached hydrogen (secondary N) is 3. The smallest absolute Gasteiger partial charge is 0.408 e. The Morgan fingerprint density at radius 1 is 0.943 bits per heavy atom. The summed E-state index contributed by atoms with van der Waals surface area (Å²) in [6.07, 6.45) is 1.58. The molecule has 1 atom stereocenters. The Balaban J connectivity index is 1.18. The normalized spacial score (nSPS) is 16.1. The molecule has 5 rings (SSSR count). The van der Waals surface area contributed by atoms with Gasteiger partial charge in [-0.05, 0) is 86.7 Å². The molecule has 14 heteroatoms. The highest BCUT2D eigenvalue weighted by Gasteiger charge is 2.37. The molecule has 0 unspecified atom stereocenters. The van der Waals surface area contributed by atoms with Crippen LogP contribution in [0.15, 0.2) is 66.7 Å². The van der Waals surface area contributed by atoms with Crippen molar-refractivity contribution in [2.75, 3.05) is 70.8 Å². The molecular formula is C39H51ClFN7O5. The van der Waals surface area contributed by atoms with Gasteiger partial charge in [0.15, 0.2) is 0 Å². The third-order valence-electron chi connectivity index (χ3n) is 9.80. The van der Waals surface area contributed by atoms with Gasteiger partial charge in [-0.1, -0.05) is 48.0 Å². The van der Waals surface area contributed by atoms with E-state index in [1.54, 1.807) is 12.1 Å². The number of likely N-dealkylation sites (tertiary alicyclic amines) is 1. The van der Waals surface area contributed by atoms with Crippen molar-refractivity contribution in [3.8, 4) is 5.75 Å². The number of nitrogens with two attached hydrogens (primary N) is 1. The molecule has 53 heavy (non-hydrogen) atoms. The lowest BCUT2D eigenvalue weighted by atomic mass is 9.88. The van der Waals surface area contributed by atoms with E-state index in [0.29, 0.717) is 68.8 Å². The van der Waals surface area contributed by atoms with E-state index >= 15 is 0 Å². The highest BCUT2D eigenvalue weighted by atomic mass is 35.5. The van der Waals surface area contributed by atoms with Crippen LogP contribution in [0.5, 0.6) is 5.75 Å². The highest BCUT2D eigenvalue weighted by molar-refractivity contribution is 6.30. The molecule has 2 heterocycles. The van der Waals surface area contributed by atoms with Gasteiger partial charge in [-0.15, -0.1) is 0 Å². The largest absolute Gasteiger partial charge is 0.493 e. The van der Waals surface area contributed by atoms with Crippen molar-refractivity contribution in [3.63, 3.8) is 0 Å². The van der Waals surface area contributed by atoms with Gasteiger partial charge in [-0.25, -0.2) is 14.0 Å². The second kappa shape index (κ2) is 20.0. The zero-order chi connectivity index (χ0) is 37.6. The minimum Gasteiger partial charge on any atom is -0.493 e. The minimum absolute atomic E-state index is 0.0747. The summed E-state index contributed by atoms with van der Waals surface area (Å²) in [6.45, 7) is 8.10. The second-order valence-corrected chi connectivity index (χ2v) is 13.8. The summed E-state index contributed by atoms with van der Waals surface area (Å²) < 4.78 is 26.0. The molecule has 0 saturated carbocycles. The number of urea groups is 1. The summed E-state index contributed by atoms with van der Waals surface area (Å²) in [4.78, 5) is 44.6. The second-order valence-electron chi connectivity index (χ2n) is 13.4. The standard InChI is InChI=1S/C39H51ClFN7O5/c1-2-52-35-10-6-9-33(41)32(35)26-47-21-23-48(24-22-47)37(49)36(45-39(51)53-27-28-7-4-3-5-8-28)29-13-18-46(19-14-29)20-15-30-25-31(40)11-12-34(30)43-16-17-44-38(42)50/h3-12,25,29,36,43H,2,13-24,26-27H2,1H3,(H,45,51)(H3,42,44,50)/t36-/m1/s1. The number of rotatable bonds is 16. The molecule has 3 aromatic rings. The first-order chi connectivity index (χ1) is 25.7. The Bertz CT molecular complexity index is 1650. The number of piperidine rings is 1. The fourth-order valence-electron chi connectivity index (χ4n) is 6.92. The van der Waals surface area contributed by atoms with Gasteiger partial charge in [0.1, 0.15) is 24.2 Å². The van der Waals surface area contributed by atoms with Crippen molar-refractivity contribution in [2.45, 2.75) is 45.4 Å². The maximum absolute atomic E-state index is 14.8. The number of piperazine rings is 1. The molecule has 5 N–H and O–H groups in total. The van der Waals surface area contributed by atoms with Crippen LogP contribution >= 0.6 is 11.6 Å². The molecule has 0 spiro atoms. The average Bonchev–Trinajstić information content (AvgIpc) is 3.16. The number of nitrogens with zero attached hydrogens (tertiary/aromatic N) is 3. The van der Waals surface area contributed by atoms with Gasteiger partial charge in [0.25, 0.3) is 0 Å². The number of carbonyl (C=O) groups excluding carboxylic acids is 3. The van der Waals surface area contributed by atoms with E-state index in [0.717, 1.165) is 55.7 Å². The molecular weight excluding hydrogens is 701 g/mol. The van der Waals surface area contributed by atoms with Gasteiger partial charge in [0, 0.05) is 68.6 Å². The molecule has 2 fully saturated rings. The number of benzene rings is 3. The van der Waals surface area contributed by atoms with Crippen LogP contribution < -0.4 is 26.4 Å². The maximum atomic E-state index is 14.8. The predicted molar refractivity (Wildman–Crippen MR) is 203 cm³/mol. The molecule has 12 nitrogen and oxygen atoms in total. The van der Waals surface area contributed by atoms with Gasteiger partial charge < -0.3 is 41.0 Å². The molecule has 2 aliphatic heterocycles. The topological polar surface area (TPSA) is 142 Å². The number of halogens is 2. The molecule has 0 aliphatic carbocycles. The summed E-state index contributed by atoms with van der Waals surface area (Å²) in [5, 5.41) is 9.52. The highest BCUT2D eigenvalue weighted by Crippen LogP contribution is 2.27. The summed E-state index contributed by atoms with van der Waals surface area (Å²) in [5.41, 5.74) is 8.56. The van der Waals surface area contributed by atoms with Gasteiger partial charge >= 0.3 is 12.1 Å². The van der Waals surface area contributed by atoms with E-state index < -0.39 is 18.2 Å². The first-order valence-electron chi connectivity index (χ1n) is 18.4. The van der Waals surface area contributed by atoms with Crippen LogP contribution in [-0.2, 0) is 29.1 Å². The minimum atomic E-state index is -0.735. The Kier molecular flexibility index (Phi) is 15.0. The number of carbonyl (C=O) groups is 3. The Morgan fingerprint density at radius 3 is 2.42 bits per heavy atom. The van der Waals surface area contributed by atoms with Crippen molar-refractivity contribution in [2.24, 2.45) is 11.7 Å². The maximum Gasteiger partial charge on any atom is 0.408 e. The van der Waals surface area contributed by atoms with Crippen molar-refractivity contribution in [1.29, 1.82) is 0 Å². The number of alkyl carbamates (subject to hydrolysis) is 1. The monoisotopic (exact) mass is 751 g/mol. The molecule has 0 radical (unpaired) electrons. The summed E-state index contributed by atoms with van der Waals surface area (Å²) in [6, 6.07) is 18.7. The van der Waals surface area contributed by atoms with Crippen LogP contribution in [0, 0.1) is 11.7 Å². The summed E-state index contributed by atoms with van der Waals surface area (Å²) in [7, 11) is 0. The zero-order valence-corrected chi connectivity index (χ0v) is 31.1. The van der Waals surface area contributed by atoms with E-state index in [1.807, 2.05) is 60.4 Å². The fraction of sp³-hybridized carbons (Fsp3) is 0.462. The Labute approximate surface area is 316 Å². The number of anilines is 1. The fourth-order valence-corrected chi connectivity index (χ4v) is 7.11. The van der Waals surface area contributed by atoms with Crippen LogP contribution in [0.2, 0.25) is 5.02 Å². The SMILES string of the molecule is CCOc1cccc(F)c1CN1CCN(C(=O)[C@H](NC(=O)OCc2ccccc2)C2CCN(CCc3cc(Cl)ccc3NCCNC(N)=O)CC2)CC1. The number of ether oxygens (including phenoxy) is 2. The van der Waals surface area contributed by atoms with Crippen LogP contribution in [-0.4, -0.2) is 104 Å². The molecule has 0 bridgehead atoms. The predicted octanol–water partition coefficient (Wildman–Crippen LogP) is 4.85. The van der Waals surface area contributed by atoms with Crippen LogP contribution in [0.3, 0.4) is 0 Å². The molecule has 2 saturated heterocycles. The molecule has 3 aromatic carbocycles. The first kappa shape index (κ1) is 39.6. The van der Waals surface area contributed by atoms with Crippen LogP contribution in [0.1, 0.15) is 36.5 Å². The summed E-state index contributed by atoms with van der Waals surface area (Å²) >= 11 is 6.34. The van der Waals surface area contributed by atoms with E-state index in [-0.39, 0.29) is 24.2 Å². The third kappa shape index (κ3) is 12.0. The van der Waals surface area contributed by atoms with E-state index in [2.05, 4.69) is 25.8 Å². The van der Waals surface area contributed by atoms with Crippen molar-refractivity contribution < 1.29 is 28.2 Å².